The molecule has 3 nitrogen and oxygen atoms in total. The van der Waals surface area contributed by atoms with Gasteiger partial charge in [0, 0.05) is 19.1 Å². The molecule has 0 amide bonds. The smallest absolute Gasteiger partial charge is 0.119 e. The Morgan fingerprint density at radius 2 is 2.11 bits per heavy atom. The van der Waals surface area contributed by atoms with Gasteiger partial charge in [-0.05, 0) is 38.1 Å². The van der Waals surface area contributed by atoms with Crippen LogP contribution in [0.4, 0.5) is 0 Å². The molecule has 2 rings (SSSR count). The molecule has 1 atom stereocenters. The molecule has 0 saturated carbocycles. The van der Waals surface area contributed by atoms with Gasteiger partial charge in [-0.25, -0.2) is 0 Å². The molecule has 3 heteroatoms. The number of para-hydroxylation sites is 1. The molecule has 19 heavy (non-hydrogen) atoms. The molecule has 1 fully saturated rings. The number of nitrogens with one attached hydrogen (secondary N) is 1. The second kappa shape index (κ2) is 8.18. The van der Waals surface area contributed by atoms with Crippen molar-refractivity contribution < 1.29 is 4.74 Å². The Kier molecular flexibility index (Phi) is 6.18. The summed E-state index contributed by atoms with van der Waals surface area (Å²) >= 11 is 0. The number of rotatable bonds is 7. The lowest BCUT2D eigenvalue weighted by molar-refractivity contribution is 0.190. The zero-order chi connectivity index (χ0) is 13.3. The van der Waals surface area contributed by atoms with E-state index in [1.54, 1.807) is 0 Å². The SMILES string of the molecule is CCN(CCOc1ccccc1)CC1CCCCN1. The largest absolute Gasteiger partial charge is 0.492 e. The van der Waals surface area contributed by atoms with E-state index in [9.17, 15) is 0 Å². The van der Waals surface area contributed by atoms with Crippen molar-refractivity contribution in [1.29, 1.82) is 0 Å². The van der Waals surface area contributed by atoms with Gasteiger partial charge in [-0.3, -0.25) is 4.90 Å². The van der Waals surface area contributed by atoms with E-state index < -0.39 is 0 Å². The summed E-state index contributed by atoms with van der Waals surface area (Å²) < 4.78 is 5.77. The molecule has 1 unspecified atom stereocenters. The summed E-state index contributed by atoms with van der Waals surface area (Å²) in [5, 5.41) is 3.61. The average Bonchev–Trinajstić information content (AvgIpc) is 2.48. The molecule has 1 saturated heterocycles. The van der Waals surface area contributed by atoms with E-state index in [2.05, 4.69) is 17.1 Å². The average molecular weight is 262 g/mol. The lowest BCUT2D eigenvalue weighted by Gasteiger charge is -2.29. The van der Waals surface area contributed by atoms with Gasteiger partial charge in [0.2, 0.25) is 0 Å². The zero-order valence-corrected chi connectivity index (χ0v) is 12.0. The molecule has 1 aromatic rings. The third-order valence-electron chi connectivity index (χ3n) is 3.76. The fourth-order valence-electron chi connectivity index (χ4n) is 2.58. The molecule has 1 aliphatic rings. The summed E-state index contributed by atoms with van der Waals surface area (Å²) in [6.07, 6.45) is 4.02. The number of likely N-dealkylation sites (N-methyl/N-ethyl adjacent to an activating group) is 1. The molecule has 106 valence electrons. The zero-order valence-electron chi connectivity index (χ0n) is 12.0. The Morgan fingerprint density at radius 1 is 1.26 bits per heavy atom. The minimum absolute atomic E-state index is 0.672. The van der Waals surface area contributed by atoms with Crippen LogP contribution >= 0.6 is 0 Å². The predicted octanol–water partition coefficient (Wildman–Crippen LogP) is 2.53. The maximum absolute atomic E-state index is 5.77. The number of piperidine rings is 1. The van der Waals surface area contributed by atoms with E-state index in [1.807, 2.05) is 30.3 Å². The van der Waals surface area contributed by atoms with Crippen molar-refractivity contribution in [1.82, 2.24) is 10.2 Å². The van der Waals surface area contributed by atoms with Crippen LogP contribution in [-0.4, -0.2) is 43.7 Å². The van der Waals surface area contributed by atoms with Gasteiger partial charge < -0.3 is 10.1 Å². The third-order valence-corrected chi connectivity index (χ3v) is 3.76. The Bertz CT molecular complexity index is 336. The first kappa shape index (κ1) is 14.4. The van der Waals surface area contributed by atoms with Crippen molar-refractivity contribution in [3.8, 4) is 5.75 Å². The first-order valence-corrected chi connectivity index (χ1v) is 7.52. The quantitative estimate of drug-likeness (QED) is 0.817. The Labute approximate surface area is 116 Å². The highest BCUT2D eigenvalue weighted by Gasteiger charge is 2.15. The highest BCUT2D eigenvalue weighted by Crippen LogP contribution is 2.10. The minimum Gasteiger partial charge on any atom is -0.492 e. The highest BCUT2D eigenvalue weighted by molar-refractivity contribution is 5.20. The first-order chi connectivity index (χ1) is 9.38. The predicted molar refractivity (Wildman–Crippen MR) is 79.7 cm³/mol. The third kappa shape index (κ3) is 5.21. The lowest BCUT2D eigenvalue weighted by atomic mass is 10.0. The van der Waals surface area contributed by atoms with E-state index in [4.69, 9.17) is 4.74 Å². The standard InChI is InChI=1S/C16H26N2O/c1-2-18(14-15-8-6-7-11-17-15)12-13-19-16-9-4-3-5-10-16/h3-5,9-10,15,17H,2,6-8,11-14H2,1H3. The van der Waals surface area contributed by atoms with Crippen LogP contribution in [0.15, 0.2) is 30.3 Å². The van der Waals surface area contributed by atoms with Crippen molar-refractivity contribution in [3.63, 3.8) is 0 Å². The van der Waals surface area contributed by atoms with Crippen LogP contribution in [-0.2, 0) is 0 Å². The van der Waals surface area contributed by atoms with Crippen LogP contribution in [0.5, 0.6) is 5.75 Å². The number of hydrogen-bond acceptors (Lipinski definition) is 3. The fraction of sp³-hybridized carbons (Fsp3) is 0.625. The molecule has 0 radical (unpaired) electrons. The summed E-state index contributed by atoms with van der Waals surface area (Å²) in [5.74, 6) is 0.967. The van der Waals surface area contributed by atoms with Crippen molar-refractivity contribution in [3.05, 3.63) is 30.3 Å². The molecule has 0 aromatic heterocycles. The van der Waals surface area contributed by atoms with Crippen LogP contribution < -0.4 is 10.1 Å². The van der Waals surface area contributed by atoms with Gasteiger partial charge in [-0.2, -0.15) is 0 Å². The van der Waals surface area contributed by atoms with Gasteiger partial charge in [0.1, 0.15) is 12.4 Å². The van der Waals surface area contributed by atoms with Crippen LogP contribution in [0.2, 0.25) is 0 Å². The van der Waals surface area contributed by atoms with Gasteiger partial charge in [-0.1, -0.05) is 31.5 Å². The fourth-order valence-corrected chi connectivity index (χ4v) is 2.58. The summed E-state index contributed by atoms with van der Waals surface area (Å²) in [4.78, 5) is 2.48. The van der Waals surface area contributed by atoms with E-state index in [-0.39, 0.29) is 0 Å². The molecule has 0 bridgehead atoms. The molecular formula is C16H26N2O. The van der Waals surface area contributed by atoms with Gasteiger partial charge in [0.15, 0.2) is 0 Å². The second-order valence-electron chi connectivity index (χ2n) is 5.20. The molecular weight excluding hydrogens is 236 g/mol. The van der Waals surface area contributed by atoms with Gasteiger partial charge in [-0.15, -0.1) is 0 Å². The molecule has 0 spiro atoms. The molecule has 1 aliphatic heterocycles. The van der Waals surface area contributed by atoms with Gasteiger partial charge >= 0.3 is 0 Å². The van der Waals surface area contributed by atoms with E-state index in [0.717, 1.165) is 32.0 Å². The number of hydrogen-bond donors (Lipinski definition) is 1. The van der Waals surface area contributed by atoms with Crippen molar-refractivity contribution in [2.75, 3.05) is 32.8 Å². The van der Waals surface area contributed by atoms with Gasteiger partial charge in [0.25, 0.3) is 0 Å². The van der Waals surface area contributed by atoms with Crippen LogP contribution in [0, 0.1) is 0 Å². The topological polar surface area (TPSA) is 24.5 Å². The highest BCUT2D eigenvalue weighted by atomic mass is 16.5. The van der Waals surface area contributed by atoms with Crippen molar-refractivity contribution in [2.24, 2.45) is 0 Å². The summed E-state index contributed by atoms with van der Waals surface area (Å²) in [7, 11) is 0. The Hall–Kier alpha value is -1.06. The lowest BCUT2D eigenvalue weighted by Crippen LogP contribution is -2.44. The number of ether oxygens (including phenoxy) is 1. The number of benzene rings is 1. The summed E-state index contributed by atoms with van der Waals surface area (Å²) in [5.41, 5.74) is 0. The monoisotopic (exact) mass is 262 g/mol. The van der Waals surface area contributed by atoms with Crippen LogP contribution in [0.25, 0.3) is 0 Å². The summed E-state index contributed by atoms with van der Waals surface area (Å²) in [6, 6.07) is 10.7. The van der Waals surface area contributed by atoms with Crippen LogP contribution in [0.3, 0.4) is 0 Å². The van der Waals surface area contributed by atoms with E-state index >= 15 is 0 Å². The van der Waals surface area contributed by atoms with Crippen molar-refractivity contribution in [2.45, 2.75) is 32.2 Å². The molecule has 1 N–H and O–H groups in total. The van der Waals surface area contributed by atoms with E-state index in [1.165, 1.54) is 25.8 Å². The van der Waals surface area contributed by atoms with E-state index in [0.29, 0.717) is 6.04 Å². The second-order valence-corrected chi connectivity index (χ2v) is 5.20. The first-order valence-electron chi connectivity index (χ1n) is 7.52. The van der Waals surface area contributed by atoms with Crippen molar-refractivity contribution >= 4 is 0 Å². The Morgan fingerprint density at radius 3 is 2.79 bits per heavy atom. The maximum atomic E-state index is 5.77. The molecule has 0 aliphatic carbocycles. The number of nitrogens with zero attached hydrogens (tertiary/aromatic N) is 1. The minimum atomic E-state index is 0.672. The summed E-state index contributed by atoms with van der Waals surface area (Å²) in [6.45, 7) is 7.42. The Balaban J connectivity index is 1.67. The molecule has 1 aromatic carbocycles. The van der Waals surface area contributed by atoms with Crippen LogP contribution in [0.1, 0.15) is 26.2 Å². The van der Waals surface area contributed by atoms with Gasteiger partial charge in [0.05, 0.1) is 0 Å². The molecule has 1 heterocycles. The maximum Gasteiger partial charge on any atom is 0.119 e. The normalized spacial score (nSPS) is 19.6.